The summed E-state index contributed by atoms with van der Waals surface area (Å²) in [7, 11) is 0. The number of nitrogen functional groups attached to an aromatic ring is 1. The lowest BCUT2D eigenvalue weighted by atomic mass is 9.75. The maximum Gasteiger partial charge on any atom is 0.0720 e. The molecule has 0 saturated heterocycles. The van der Waals surface area contributed by atoms with Gasteiger partial charge < -0.3 is 10.5 Å². The lowest BCUT2D eigenvalue weighted by Gasteiger charge is -2.37. The minimum absolute atomic E-state index is 0.418. The van der Waals surface area contributed by atoms with Crippen LogP contribution in [0.3, 0.4) is 0 Å². The highest BCUT2D eigenvalue weighted by Crippen LogP contribution is 2.35. The van der Waals surface area contributed by atoms with Gasteiger partial charge in [-0.15, -0.1) is 0 Å². The average molecular weight is 261 g/mol. The summed E-state index contributed by atoms with van der Waals surface area (Å²) in [6, 6.07) is 8.02. The molecule has 1 aromatic carbocycles. The van der Waals surface area contributed by atoms with Crippen molar-refractivity contribution in [3.8, 4) is 0 Å². The minimum Gasteiger partial charge on any atom is -0.399 e. The first-order valence-electron chi connectivity index (χ1n) is 7.52. The molecule has 2 rings (SSSR count). The SMILES string of the molecule is CC1CCC(C(C)C)C(OCc2ccc(N)cc2)C1. The Morgan fingerprint density at radius 3 is 2.53 bits per heavy atom. The van der Waals surface area contributed by atoms with Gasteiger partial charge in [-0.2, -0.15) is 0 Å². The smallest absolute Gasteiger partial charge is 0.0720 e. The molecule has 2 heteroatoms. The third-order valence-electron chi connectivity index (χ3n) is 4.41. The van der Waals surface area contributed by atoms with Crippen LogP contribution < -0.4 is 5.73 Å². The van der Waals surface area contributed by atoms with E-state index in [4.69, 9.17) is 10.5 Å². The van der Waals surface area contributed by atoms with Gasteiger partial charge in [0.15, 0.2) is 0 Å². The zero-order valence-electron chi connectivity index (χ0n) is 12.4. The zero-order chi connectivity index (χ0) is 13.8. The number of benzene rings is 1. The molecule has 1 aliphatic carbocycles. The Morgan fingerprint density at radius 1 is 1.21 bits per heavy atom. The van der Waals surface area contributed by atoms with E-state index in [1.165, 1.54) is 24.8 Å². The Bertz CT molecular complexity index is 385. The van der Waals surface area contributed by atoms with Crippen molar-refractivity contribution in [2.45, 2.75) is 52.7 Å². The molecule has 0 amide bonds. The Balaban J connectivity index is 1.93. The summed E-state index contributed by atoms with van der Waals surface area (Å²) in [6.07, 6.45) is 4.29. The van der Waals surface area contributed by atoms with Gasteiger partial charge in [0.1, 0.15) is 0 Å². The molecule has 1 aromatic rings. The third kappa shape index (κ3) is 3.97. The van der Waals surface area contributed by atoms with Crippen molar-refractivity contribution in [3.05, 3.63) is 29.8 Å². The Morgan fingerprint density at radius 2 is 1.89 bits per heavy atom. The van der Waals surface area contributed by atoms with Gasteiger partial charge in [0.2, 0.25) is 0 Å². The van der Waals surface area contributed by atoms with E-state index in [9.17, 15) is 0 Å². The van der Waals surface area contributed by atoms with Gasteiger partial charge in [-0.1, -0.05) is 39.3 Å². The second-order valence-electron chi connectivity index (χ2n) is 6.42. The van der Waals surface area contributed by atoms with Crippen molar-refractivity contribution in [3.63, 3.8) is 0 Å². The summed E-state index contributed by atoms with van der Waals surface area (Å²) in [6.45, 7) is 7.69. The molecule has 1 aliphatic rings. The van der Waals surface area contributed by atoms with Crippen LogP contribution in [0.2, 0.25) is 0 Å². The molecule has 0 heterocycles. The molecule has 2 N–H and O–H groups in total. The molecule has 1 fully saturated rings. The van der Waals surface area contributed by atoms with Crippen LogP contribution in [0, 0.1) is 17.8 Å². The number of anilines is 1. The quantitative estimate of drug-likeness (QED) is 0.822. The molecular formula is C17H27NO. The molecule has 3 atom stereocenters. The number of ether oxygens (including phenoxy) is 1. The lowest BCUT2D eigenvalue weighted by Crippen LogP contribution is -2.34. The van der Waals surface area contributed by atoms with Gasteiger partial charge >= 0.3 is 0 Å². The fraction of sp³-hybridized carbons (Fsp3) is 0.647. The van der Waals surface area contributed by atoms with Gasteiger partial charge in [-0.3, -0.25) is 0 Å². The molecular weight excluding hydrogens is 234 g/mol. The van der Waals surface area contributed by atoms with Crippen LogP contribution in [-0.2, 0) is 11.3 Å². The van der Waals surface area contributed by atoms with Crippen LogP contribution in [0.5, 0.6) is 0 Å². The van der Waals surface area contributed by atoms with Gasteiger partial charge in [-0.05, 0) is 48.3 Å². The largest absolute Gasteiger partial charge is 0.399 e. The molecule has 0 aromatic heterocycles. The van der Waals surface area contributed by atoms with E-state index in [-0.39, 0.29) is 0 Å². The van der Waals surface area contributed by atoms with Gasteiger partial charge in [0.25, 0.3) is 0 Å². The predicted molar refractivity (Wildman–Crippen MR) is 80.8 cm³/mol. The van der Waals surface area contributed by atoms with Crippen LogP contribution in [0.4, 0.5) is 5.69 Å². The first kappa shape index (κ1) is 14.4. The molecule has 0 spiro atoms. The van der Waals surface area contributed by atoms with E-state index in [0.717, 1.165) is 11.6 Å². The Labute approximate surface area is 117 Å². The van der Waals surface area contributed by atoms with E-state index in [2.05, 4.69) is 32.9 Å². The van der Waals surface area contributed by atoms with E-state index in [0.29, 0.717) is 24.5 Å². The minimum atomic E-state index is 0.418. The first-order valence-corrected chi connectivity index (χ1v) is 7.52. The van der Waals surface area contributed by atoms with E-state index >= 15 is 0 Å². The van der Waals surface area contributed by atoms with Gasteiger partial charge in [-0.25, -0.2) is 0 Å². The van der Waals surface area contributed by atoms with Crippen molar-refractivity contribution >= 4 is 5.69 Å². The highest BCUT2D eigenvalue weighted by atomic mass is 16.5. The normalized spacial score (nSPS) is 27.7. The molecule has 106 valence electrons. The maximum absolute atomic E-state index is 6.21. The zero-order valence-corrected chi connectivity index (χ0v) is 12.4. The second kappa shape index (κ2) is 6.42. The average Bonchev–Trinajstić information content (AvgIpc) is 2.38. The standard InChI is InChI=1S/C17H27NO/c1-12(2)16-9-4-13(3)10-17(16)19-11-14-5-7-15(18)8-6-14/h5-8,12-13,16-17H,4,9-11,18H2,1-3H3. The molecule has 2 nitrogen and oxygen atoms in total. The summed E-state index contributed by atoms with van der Waals surface area (Å²) >= 11 is 0. The number of hydrogen-bond donors (Lipinski definition) is 1. The number of rotatable bonds is 4. The van der Waals surface area contributed by atoms with Crippen molar-refractivity contribution in [2.24, 2.45) is 17.8 Å². The van der Waals surface area contributed by atoms with Crippen molar-refractivity contribution in [2.75, 3.05) is 5.73 Å². The van der Waals surface area contributed by atoms with E-state index < -0.39 is 0 Å². The summed E-state index contributed by atoms with van der Waals surface area (Å²) in [5.41, 5.74) is 7.74. The van der Waals surface area contributed by atoms with Gasteiger partial charge in [0, 0.05) is 5.69 Å². The molecule has 0 bridgehead atoms. The van der Waals surface area contributed by atoms with Crippen LogP contribution in [0.25, 0.3) is 0 Å². The third-order valence-corrected chi connectivity index (χ3v) is 4.41. The van der Waals surface area contributed by atoms with Crippen molar-refractivity contribution in [1.29, 1.82) is 0 Å². The summed E-state index contributed by atoms with van der Waals surface area (Å²) in [5.74, 6) is 2.22. The van der Waals surface area contributed by atoms with Crippen molar-refractivity contribution < 1.29 is 4.74 Å². The highest BCUT2D eigenvalue weighted by Gasteiger charge is 2.31. The van der Waals surface area contributed by atoms with Crippen molar-refractivity contribution in [1.82, 2.24) is 0 Å². The Hall–Kier alpha value is -1.02. The predicted octanol–water partition coefficient (Wildman–Crippen LogP) is 4.25. The van der Waals surface area contributed by atoms with Crippen LogP contribution in [0.1, 0.15) is 45.6 Å². The first-order chi connectivity index (χ1) is 9.06. The van der Waals surface area contributed by atoms with Gasteiger partial charge in [0.05, 0.1) is 12.7 Å². The van der Waals surface area contributed by atoms with Crippen LogP contribution in [0.15, 0.2) is 24.3 Å². The lowest BCUT2D eigenvalue weighted by molar-refractivity contribution is -0.0472. The monoisotopic (exact) mass is 261 g/mol. The second-order valence-corrected chi connectivity index (χ2v) is 6.42. The number of hydrogen-bond acceptors (Lipinski definition) is 2. The topological polar surface area (TPSA) is 35.2 Å². The maximum atomic E-state index is 6.21. The molecule has 0 radical (unpaired) electrons. The summed E-state index contributed by atoms with van der Waals surface area (Å²) in [4.78, 5) is 0. The van der Waals surface area contributed by atoms with Crippen LogP contribution in [-0.4, -0.2) is 6.10 Å². The van der Waals surface area contributed by atoms with E-state index in [1.807, 2.05) is 12.1 Å². The fourth-order valence-corrected chi connectivity index (χ4v) is 3.12. The highest BCUT2D eigenvalue weighted by molar-refractivity contribution is 5.39. The summed E-state index contributed by atoms with van der Waals surface area (Å²) in [5, 5.41) is 0. The number of nitrogens with two attached hydrogens (primary N) is 1. The van der Waals surface area contributed by atoms with Crippen LogP contribution >= 0.6 is 0 Å². The Kier molecular flexibility index (Phi) is 4.87. The molecule has 0 aliphatic heterocycles. The molecule has 19 heavy (non-hydrogen) atoms. The molecule has 1 saturated carbocycles. The molecule has 3 unspecified atom stereocenters. The fourth-order valence-electron chi connectivity index (χ4n) is 3.12. The van der Waals surface area contributed by atoms with E-state index in [1.54, 1.807) is 0 Å². The summed E-state index contributed by atoms with van der Waals surface area (Å²) < 4.78 is 6.21.